The van der Waals surface area contributed by atoms with Gasteiger partial charge in [0.05, 0.1) is 18.2 Å². The summed E-state index contributed by atoms with van der Waals surface area (Å²) in [7, 11) is 1.35. The van der Waals surface area contributed by atoms with Crippen LogP contribution in [0.5, 0.6) is 5.75 Å². The zero-order valence-electron chi connectivity index (χ0n) is 17.6. The van der Waals surface area contributed by atoms with Crippen LogP contribution in [0.3, 0.4) is 0 Å². The number of nitrogens with zero attached hydrogens (tertiary/aromatic N) is 1. The number of carbonyl (C=O) groups excluding carboxylic acids is 1. The molecule has 0 radical (unpaired) electrons. The molecule has 0 amide bonds. The molecule has 0 atom stereocenters. The van der Waals surface area contributed by atoms with E-state index in [-0.39, 0.29) is 35.5 Å². The fourth-order valence-corrected chi connectivity index (χ4v) is 3.65. The van der Waals surface area contributed by atoms with Gasteiger partial charge in [0.1, 0.15) is 17.4 Å². The molecule has 6 nitrogen and oxygen atoms in total. The van der Waals surface area contributed by atoms with E-state index < -0.39 is 11.7 Å². The number of methoxy groups -OCH3 is 1. The van der Waals surface area contributed by atoms with Gasteiger partial charge in [-0.1, -0.05) is 24.3 Å². The number of H-pyrrole nitrogens is 2. The smallest absolute Gasteiger partial charge is 0.416 e. The Morgan fingerprint density at radius 1 is 1.03 bits per heavy atom. The maximum Gasteiger partial charge on any atom is 0.416 e. The van der Waals surface area contributed by atoms with Crippen LogP contribution in [0.1, 0.15) is 28.1 Å². The van der Waals surface area contributed by atoms with Crippen LogP contribution in [-0.2, 0) is 30.2 Å². The lowest BCUT2D eigenvalue weighted by Crippen LogP contribution is -2.10. The van der Waals surface area contributed by atoms with Gasteiger partial charge in [-0.15, -0.1) is 0 Å². The van der Waals surface area contributed by atoms with Crippen LogP contribution >= 0.6 is 0 Å². The van der Waals surface area contributed by atoms with E-state index in [4.69, 9.17) is 4.74 Å². The SMILES string of the molecule is COc1ccc(C(F)(F)F)cc1CC(=O)Cc1ccc(Cc2nc3c(=O)[nH]ccc3[nH]2)cc1. The quantitative estimate of drug-likeness (QED) is 0.437. The van der Waals surface area contributed by atoms with Gasteiger partial charge in [-0.3, -0.25) is 9.59 Å². The molecule has 9 heteroatoms. The average molecular weight is 455 g/mol. The number of imidazole rings is 1. The molecule has 0 bridgehead atoms. The van der Waals surface area contributed by atoms with Crippen molar-refractivity contribution in [2.24, 2.45) is 0 Å². The van der Waals surface area contributed by atoms with Crippen molar-refractivity contribution in [1.82, 2.24) is 15.0 Å². The molecule has 0 unspecified atom stereocenters. The van der Waals surface area contributed by atoms with Gasteiger partial charge in [0, 0.05) is 31.0 Å². The number of benzene rings is 2. The predicted molar refractivity (Wildman–Crippen MR) is 116 cm³/mol. The molecule has 2 N–H and O–H groups in total. The molecular formula is C24H20F3N3O3. The first-order chi connectivity index (χ1) is 15.7. The van der Waals surface area contributed by atoms with E-state index in [9.17, 15) is 22.8 Å². The lowest BCUT2D eigenvalue weighted by atomic mass is 9.99. The third-order valence-corrected chi connectivity index (χ3v) is 5.25. The minimum atomic E-state index is -4.49. The number of carbonyl (C=O) groups is 1. The Kier molecular flexibility index (Phi) is 6.04. The first kappa shape index (κ1) is 22.3. The lowest BCUT2D eigenvalue weighted by molar-refractivity contribution is -0.137. The number of Topliss-reactive ketones (excluding diaryl/α,β-unsaturated/α-hetero) is 1. The molecule has 2 heterocycles. The average Bonchev–Trinajstić information content (AvgIpc) is 3.18. The summed E-state index contributed by atoms with van der Waals surface area (Å²) < 4.78 is 44.2. The second-order valence-electron chi connectivity index (χ2n) is 7.66. The molecule has 0 saturated carbocycles. The molecule has 0 fully saturated rings. The van der Waals surface area contributed by atoms with Crippen LogP contribution in [0.4, 0.5) is 13.2 Å². The van der Waals surface area contributed by atoms with E-state index in [0.717, 1.165) is 23.3 Å². The Hall–Kier alpha value is -3.88. The molecular weight excluding hydrogens is 435 g/mol. The van der Waals surface area contributed by atoms with Gasteiger partial charge in [0.15, 0.2) is 5.52 Å². The molecule has 0 aliphatic carbocycles. The van der Waals surface area contributed by atoms with Crippen molar-refractivity contribution in [3.63, 3.8) is 0 Å². The van der Waals surface area contributed by atoms with Crippen LogP contribution in [0, 0.1) is 0 Å². The lowest BCUT2D eigenvalue weighted by Gasteiger charge is -2.12. The number of ether oxygens (including phenoxy) is 1. The summed E-state index contributed by atoms with van der Waals surface area (Å²) in [6.45, 7) is 0. The molecule has 4 aromatic rings. The zero-order valence-corrected chi connectivity index (χ0v) is 17.6. The van der Waals surface area contributed by atoms with E-state index in [1.54, 1.807) is 24.4 Å². The summed E-state index contributed by atoms with van der Waals surface area (Å²) >= 11 is 0. The van der Waals surface area contributed by atoms with Crippen molar-refractivity contribution in [3.05, 3.63) is 93.2 Å². The Balaban J connectivity index is 1.43. The van der Waals surface area contributed by atoms with Gasteiger partial charge in [-0.2, -0.15) is 13.2 Å². The molecule has 0 aliphatic heterocycles. The van der Waals surface area contributed by atoms with Crippen LogP contribution < -0.4 is 10.3 Å². The second kappa shape index (κ2) is 8.93. The van der Waals surface area contributed by atoms with E-state index >= 15 is 0 Å². The first-order valence-electron chi connectivity index (χ1n) is 10.1. The largest absolute Gasteiger partial charge is 0.496 e. The highest BCUT2D eigenvalue weighted by atomic mass is 19.4. The van der Waals surface area contributed by atoms with Gasteiger partial charge in [0.2, 0.25) is 0 Å². The molecule has 2 aromatic carbocycles. The normalized spacial score (nSPS) is 11.6. The van der Waals surface area contributed by atoms with Crippen LogP contribution in [0.2, 0.25) is 0 Å². The summed E-state index contributed by atoms with van der Waals surface area (Å²) in [4.78, 5) is 34.3. The summed E-state index contributed by atoms with van der Waals surface area (Å²) in [5.74, 6) is 0.662. The highest BCUT2D eigenvalue weighted by Crippen LogP contribution is 2.32. The summed E-state index contributed by atoms with van der Waals surface area (Å²) in [5, 5.41) is 0. The highest BCUT2D eigenvalue weighted by molar-refractivity contribution is 5.83. The number of ketones is 1. The molecule has 0 aliphatic rings. The second-order valence-corrected chi connectivity index (χ2v) is 7.66. The minimum Gasteiger partial charge on any atom is -0.496 e. The summed E-state index contributed by atoms with van der Waals surface area (Å²) in [5.41, 5.74) is 1.80. The molecule has 2 aromatic heterocycles. The van der Waals surface area contributed by atoms with Crippen molar-refractivity contribution < 1.29 is 22.7 Å². The monoisotopic (exact) mass is 455 g/mol. The van der Waals surface area contributed by atoms with Crippen molar-refractivity contribution in [2.45, 2.75) is 25.4 Å². The van der Waals surface area contributed by atoms with Gasteiger partial charge in [-0.05, 0) is 35.4 Å². The van der Waals surface area contributed by atoms with Gasteiger partial charge < -0.3 is 14.7 Å². The van der Waals surface area contributed by atoms with Crippen LogP contribution in [0.15, 0.2) is 59.5 Å². The number of hydrogen-bond acceptors (Lipinski definition) is 4. The zero-order chi connectivity index (χ0) is 23.6. The topological polar surface area (TPSA) is 87.8 Å². The number of fused-ring (bicyclic) bond motifs is 1. The standard InChI is InChI=1S/C24H20F3N3O3/c1-33-20-7-6-17(24(25,26)27)12-16(20)13-18(31)10-14-2-4-15(5-3-14)11-21-29-19-8-9-28-23(32)22(19)30-21/h2-9,12H,10-11,13H2,1H3,(H,28,32)(H,29,30). The van der Waals surface area contributed by atoms with E-state index in [1.807, 2.05) is 12.1 Å². The van der Waals surface area contributed by atoms with Gasteiger partial charge in [0.25, 0.3) is 5.56 Å². The Labute approximate surface area is 186 Å². The third-order valence-electron chi connectivity index (χ3n) is 5.25. The minimum absolute atomic E-state index is 0.0830. The summed E-state index contributed by atoms with van der Waals surface area (Å²) in [6.07, 6.45) is -2.55. The molecule has 0 saturated heterocycles. The maximum absolute atomic E-state index is 13.0. The Morgan fingerprint density at radius 3 is 2.42 bits per heavy atom. The van der Waals surface area contributed by atoms with Crippen molar-refractivity contribution in [3.8, 4) is 5.75 Å². The van der Waals surface area contributed by atoms with Crippen molar-refractivity contribution in [2.75, 3.05) is 7.11 Å². The van der Waals surface area contributed by atoms with Crippen molar-refractivity contribution >= 4 is 16.8 Å². The number of alkyl halides is 3. The molecule has 170 valence electrons. The number of pyridine rings is 1. The van der Waals surface area contributed by atoms with Crippen molar-refractivity contribution in [1.29, 1.82) is 0 Å². The number of aromatic amines is 2. The van der Waals surface area contributed by atoms with Gasteiger partial charge in [-0.25, -0.2) is 4.98 Å². The Morgan fingerprint density at radius 2 is 1.76 bits per heavy atom. The third kappa shape index (κ3) is 5.14. The molecule has 33 heavy (non-hydrogen) atoms. The molecule has 4 rings (SSSR count). The number of nitrogens with one attached hydrogen (secondary N) is 2. The highest BCUT2D eigenvalue weighted by Gasteiger charge is 2.31. The maximum atomic E-state index is 13.0. The first-order valence-corrected chi connectivity index (χ1v) is 10.1. The number of rotatable bonds is 7. The van der Waals surface area contributed by atoms with Crippen LogP contribution in [0.25, 0.3) is 11.0 Å². The number of aromatic nitrogens is 3. The van der Waals surface area contributed by atoms with E-state index in [1.165, 1.54) is 13.2 Å². The fourth-order valence-electron chi connectivity index (χ4n) is 3.65. The van der Waals surface area contributed by atoms with Crippen LogP contribution in [-0.4, -0.2) is 27.8 Å². The number of hydrogen-bond donors (Lipinski definition) is 2. The fraction of sp³-hybridized carbons (Fsp3) is 0.208. The summed E-state index contributed by atoms with van der Waals surface area (Å²) in [6, 6.07) is 12.2. The molecule has 0 spiro atoms. The van der Waals surface area contributed by atoms with Gasteiger partial charge >= 0.3 is 6.18 Å². The van der Waals surface area contributed by atoms with E-state index in [2.05, 4.69) is 15.0 Å². The Bertz CT molecular complexity index is 1360. The van der Waals surface area contributed by atoms with E-state index in [0.29, 0.717) is 23.3 Å². The predicted octanol–water partition coefficient (Wildman–Crippen LogP) is 4.22. The number of halogens is 3.